The number of hydrogen-bond donors (Lipinski definition) is 1. The molecule has 1 atom stereocenters. The zero-order chi connectivity index (χ0) is 13.7. The summed E-state index contributed by atoms with van der Waals surface area (Å²) in [6, 6.07) is 9.66. The van der Waals surface area contributed by atoms with E-state index in [1.165, 1.54) is 49.8 Å². The molecule has 1 aromatic rings. The van der Waals surface area contributed by atoms with E-state index in [1.807, 2.05) is 0 Å². The third kappa shape index (κ3) is 4.65. The number of nitrogens with one attached hydrogen (secondary N) is 1. The first kappa shape index (κ1) is 14.6. The van der Waals surface area contributed by atoms with Crippen LogP contribution in [0.3, 0.4) is 0 Å². The SMILES string of the molecule is CC(C)Cc1ccc(C(C)NCC2CCCC2)cc1. The van der Waals surface area contributed by atoms with Crippen LogP contribution in [0.4, 0.5) is 0 Å². The fourth-order valence-corrected chi connectivity index (χ4v) is 3.09. The highest BCUT2D eigenvalue weighted by molar-refractivity contribution is 5.25. The average Bonchev–Trinajstić information content (AvgIpc) is 2.89. The average molecular weight is 259 g/mol. The Kier molecular flexibility index (Phi) is 5.45. The molecule has 0 heterocycles. The third-order valence-electron chi connectivity index (χ3n) is 4.31. The molecule has 0 spiro atoms. The van der Waals surface area contributed by atoms with Crippen molar-refractivity contribution in [2.24, 2.45) is 11.8 Å². The minimum Gasteiger partial charge on any atom is -0.310 e. The fourth-order valence-electron chi connectivity index (χ4n) is 3.09. The van der Waals surface area contributed by atoms with Crippen LogP contribution < -0.4 is 5.32 Å². The van der Waals surface area contributed by atoms with Gasteiger partial charge in [-0.25, -0.2) is 0 Å². The second-order valence-corrected chi connectivity index (χ2v) is 6.62. The van der Waals surface area contributed by atoms with Crippen molar-refractivity contribution in [2.75, 3.05) is 6.54 Å². The molecule has 0 aromatic heterocycles. The molecule has 1 aliphatic rings. The Morgan fingerprint density at radius 3 is 2.26 bits per heavy atom. The van der Waals surface area contributed by atoms with Gasteiger partial charge >= 0.3 is 0 Å². The van der Waals surface area contributed by atoms with E-state index >= 15 is 0 Å². The lowest BCUT2D eigenvalue weighted by Gasteiger charge is -2.18. The summed E-state index contributed by atoms with van der Waals surface area (Å²) < 4.78 is 0. The summed E-state index contributed by atoms with van der Waals surface area (Å²) in [4.78, 5) is 0. The van der Waals surface area contributed by atoms with Crippen molar-refractivity contribution < 1.29 is 0 Å². The third-order valence-corrected chi connectivity index (χ3v) is 4.31. The van der Waals surface area contributed by atoms with Crippen LogP contribution in [0.25, 0.3) is 0 Å². The summed E-state index contributed by atoms with van der Waals surface area (Å²) in [5, 5.41) is 3.70. The van der Waals surface area contributed by atoms with Gasteiger partial charge < -0.3 is 5.32 Å². The van der Waals surface area contributed by atoms with Crippen LogP contribution in [0.1, 0.15) is 63.6 Å². The van der Waals surface area contributed by atoms with E-state index in [9.17, 15) is 0 Å². The van der Waals surface area contributed by atoms with E-state index in [0.717, 1.165) is 11.8 Å². The minimum absolute atomic E-state index is 0.480. The van der Waals surface area contributed by atoms with Gasteiger partial charge in [0.2, 0.25) is 0 Å². The van der Waals surface area contributed by atoms with Crippen molar-refractivity contribution in [3.8, 4) is 0 Å². The predicted octanol–water partition coefficient (Wildman–Crippen LogP) is 4.73. The molecule has 0 bridgehead atoms. The summed E-state index contributed by atoms with van der Waals surface area (Å²) in [6.07, 6.45) is 6.90. The Balaban J connectivity index is 1.82. The summed E-state index contributed by atoms with van der Waals surface area (Å²) in [7, 11) is 0. The zero-order valence-corrected chi connectivity index (χ0v) is 12.8. The van der Waals surface area contributed by atoms with Crippen molar-refractivity contribution >= 4 is 0 Å². The van der Waals surface area contributed by atoms with Gasteiger partial charge in [0.05, 0.1) is 0 Å². The van der Waals surface area contributed by atoms with Crippen LogP contribution in [0.2, 0.25) is 0 Å². The van der Waals surface area contributed by atoms with Crippen molar-refractivity contribution in [3.63, 3.8) is 0 Å². The molecular weight excluding hydrogens is 230 g/mol. The summed E-state index contributed by atoms with van der Waals surface area (Å²) in [6.45, 7) is 8.03. The molecule has 1 saturated carbocycles. The van der Waals surface area contributed by atoms with E-state index in [0.29, 0.717) is 6.04 Å². The molecule has 1 aromatic carbocycles. The van der Waals surface area contributed by atoms with Gasteiger partial charge in [0.25, 0.3) is 0 Å². The maximum Gasteiger partial charge on any atom is 0.0291 e. The Labute approximate surface area is 118 Å². The first-order valence-electron chi connectivity index (χ1n) is 7.97. The second kappa shape index (κ2) is 7.09. The summed E-state index contributed by atoms with van der Waals surface area (Å²) in [5.74, 6) is 1.66. The molecule has 1 nitrogen and oxygen atoms in total. The lowest BCUT2D eigenvalue weighted by atomic mass is 9.99. The fraction of sp³-hybridized carbons (Fsp3) is 0.667. The largest absolute Gasteiger partial charge is 0.310 e. The quantitative estimate of drug-likeness (QED) is 0.779. The van der Waals surface area contributed by atoms with E-state index in [2.05, 4.69) is 50.4 Å². The van der Waals surface area contributed by atoms with E-state index in [1.54, 1.807) is 0 Å². The van der Waals surface area contributed by atoms with Gasteiger partial charge in [0, 0.05) is 6.04 Å². The number of benzene rings is 1. The van der Waals surface area contributed by atoms with Gasteiger partial charge in [-0.2, -0.15) is 0 Å². The molecule has 0 aliphatic heterocycles. The molecule has 1 aliphatic carbocycles. The van der Waals surface area contributed by atoms with Crippen molar-refractivity contribution in [1.29, 1.82) is 0 Å². The molecule has 1 unspecified atom stereocenters. The van der Waals surface area contributed by atoms with E-state index < -0.39 is 0 Å². The van der Waals surface area contributed by atoms with Crippen LogP contribution in [0, 0.1) is 11.8 Å². The maximum absolute atomic E-state index is 3.70. The monoisotopic (exact) mass is 259 g/mol. The predicted molar refractivity (Wildman–Crippen MR) is 83.4 cm³/mol. The Bertz CT molecular complexity index is 360. The lowest BCUT2D eigenvalue weighted by molar-refractivity contribution is 0.452. The highest BCUT2D eigenvalue weighted by atomic mass is 14.9. The second-order valence-electron chi connectivity index (χ2n) is 6.62. The molecule has 1 fully saturated rings. The molecule has 106 valence electrons. The van der Waals surface area contributed by atoms with E-state index in [-0.39, 0.29) is 0 Å². The highest BCUT2D eigenvalue weighted by Gasteiger charge is 2.15. The molecule has 19 heavy (non-hydrogen) atoms. The Morgan fingerprint density at radius 2 is 1.68 bits per heavy atom. The maximum atomic E-state index is 3.70. The lowest BCUT2D eigenvalue weighted by Crippen LogP contribution is -2.24. The standard InChI is InChI=1S/C18H29N/c1-14(2)12-16-8-10-18(11-9-16)15(3)19-13-17-6-4-5-7-17/h8-11,14-15,17,19H,4-7,12-13H2,1-3H3. The topological polar surface area (TPSA) is 12.0 Å². The van der Waals surface area contributed by atoms with Crippen molar-refractivity contribution in [2.45, 2.75) is 58.9 Å². The summed E-state index contributed by atoms with van der Waals surface area (Å²) in [5.41, 5.74) is 2.88. The first-order valence-corrected chi connectivity index (χ1v) is 7.97. The number of hydrogen-bond acceptors (Lipinski definition) is 1. The van der Waals surface area contributed by atoms with Crippen molar-refractivity contribution in [3.05, 3.63) is 35.4 Å². The normalized spacial score (nSPS) is 18.1. The van der Waals surface area contributed by atoms with Gasteiger partial charge in [0.15, 0.2) is 0 Å². The van der Waals surface area contributed by atoms with Crippen LogP contribution in [0.15, 0.2) is 24.3 Å². The van der Waals surface area contributed by atoms with Gasteiger partial charge in [-0.3, -0.25) is 0 Å². The summed E-state index contributed by atoms with van der Waals surface area (Å²) >= 11 is 0. The smallest absolute Gasteiger partial charge is 0.0291 e. The van der Waals surface area contributed by atoms with Gasteiger partial charge in [-0.15, -0.1) is 0 Å². The highest BCUT2D eigenvalue weighted by Crippen LogP contribution is 2.25. The number of rotatable bonds is 6. The minimum atomic E-state index is 0.480. The van der Waals surface area contributed by atoms with Crippen LogP contribution in [0.5, 0.6) is 0 Å². The van der Waals surface area contributed by atoms with E-state index in [4.69, 9.17) is 0 Å². The van der Waals surface area contributed by atoms with Crippen molar-refractivity contribution in [1.82, 2.24) is 5.32 Å². The zero-order valence-electron chi connectivity index (χ0n) is 12.8. The molecule has 1 heteroatoms. The molecule has 0 saturated heterocycles. The molecule has 1 N–H and O–H groups in total. The molecule has 0 radical (unpaired) electrons. The molecule has 0 amide bonds. The van der Waals surface area contributed by atoms with Gasteiger partial charge in [-0.1, -0.05) is 51.0 Å². The van der Waals surface area contributed by atoms with Gasteiger partial charge in [-0.05, 0) is 55.7 Å². The van der Waals surface area contributed by atoms with Crippen LogP contribution >= 0.6 is 0 Å². The van der Waals surface area contributed by atoms with Gasteiger partial charge in [0.1, 0.15) is 0 Å². The van der Waals surface area contributed by atoms with Crippen LogP contribution in [-0.2, 0) is 6.42 Å². The Hall–Kier alpha value is -0.820. The molecule has 2 rings (SSSR count). The van der Waals surface area contributed by atoms with Crippen LogP contribution in [-0.4, -0.2) is 6.54 Å². The Morgan fingerprint density at radius 1 is 1.05 bits per heavy atom. The first-order chi connectivity index (χ1) is 9.15. The molecular formula is C18H29N.